The van der Waals surface area contributed by atoms with E-state index >= 15 is 0 Å². The molecule has 1 saturated heterocycles. The molecule has 1 fully saturated rings. The first kappa shape index (κ1) is 15.9. The van der Waals surface area contributed by atoms with Crippen molar-refractivity contribution in [2.75, 3.05) is 32.8 Å². The lowest BCUT2D eigenvalue weighted by atomic mass is 10.1. The fourth-order valence-corrected chi connectivity index (χ4v) is 2.31. The van der Waals surface area contributed by atoms with Crippen molar-refractivity contribution in [2.45, 2.75) is 58.3 Å². The summed E-state index contributed by atoms with van der Waals surface area (Å²) in [6.45, 7) is 10.7. The summed E-state index contributed by atoms with van der Waals surface area (Å²) in [4.78, 5) is 2.54. The Kier molecular flexibility index (Phi) is 7.82. The Morgan fingerprint density at radius 3 is 2.39 bits per heavy atom. The number of ether oxygens (including phenoxy) is 1. The third-order valence-electron chi connectivity index (χ3n) is 3.46. The Bertz CT molecular complexity index is 206. The molecule has 108 valence electrons. The van der Waals surface area contributed by atoms with Crippen LogP contribution in [0.2, 0.25) is 0 Å². The quantitative estimate of drug-likeness (QED) is 0.687. The van der Waals surface area contributed by atoms with Crippen molar-refractivity contribution in [3.63, 3.8) is 0 Å². The number of rotatable bonds is 8. The van der Waals surface area contributed by atoms with Gasteiger partial charge in [-0.3, -0.25) is 4.90 Å². The van der Waals surface area contributed by atoms with Crippen LogP contribution in [0.15, 0.2) is 0 Å². The van der Waals surface area contributed by atoms with Gasteiger partial charge < -0.3 is 15.2 Å². The smallest absolute Gasteiger partial charge is 0.0897 e. The van der Waals surface area contributed by atoms with Crippen LogP contribution in [0.5, 0.6) is 0 Å². The third-order valence-corrected chi connectivity index (χ3v) is 3.46. The maximum atomic E-state index is 9.72. The van der Waals surface area contributed by atoms with Gasteiger partial charge in [-0.05, 0) is 46.7 Å². The molecule has 0 aromatic rings. The first-order valence-corrected chi connectivity index (χ1v) is 7.34. The van der Waals surface area contributed by atoms with Crippen molar-refractivity contribution in [3.8, 4) is 0 Å². The Balaban J connectivity index is 2.05. The average Bonchev–Trinajstić information content (AvgIpc) is 2.37. The molecule has 0 saturated carbocycles. The lowest BCUT2D eigenvalue weighted by molar-refractivity contribution is 0.00582. The van der Waals surface area contributed by atoms with E-state index in [2.05, 4.69) is 17.1 Å². The van der Waals surface area contributed by atoms with Crippen molar-refractivity contribution in [1.29, 1.82) is 0 Å². The largest absolute Gasteiger partial charge is 0.389 e. The molecule has 0 amide bonds. The molecule has 4 heteroatoms. The van der Waals surface area contributed by atoms with E-state index in [0.29, 0.717) is 19.2 Å². The Labute approximate surface area is 112 Å². The maximum Gasteiger partial charge on any atom is 0.0897 e. The number of likely N-dealkylation sites (tertiary alicyclic amines) is 1. The van der Waals surface area contributed by atoms with Crippen molar-refractivity contribution in [3.05, 3.63) is 0 Å². The molecule has 0 aliphatic carbocycles. The van der Waals surface area contributed by atoms with Gasteiger partial charge in [-0.15, -0.1) is 0 Å². The molecular weight excluding hydrogens is 228 g/mol. The van der Waals surface area contributed by atoms with Gasteiger partial charge in [0.2, 0.25) is 0 Å². The topological polar surface area (TPSA) is 44.7 Å². The number of nitrogens with one attached hydrogen (secondary N) is 1. The molecule has 18 heavy (non-hydrogen) atoms. The van der Waals surface area contributed by atoms with E-state index in [0.717, 1.165) is 6.54 Å². The minimum absolute atomic E-state index is 0.187. The highest BCUT2D eigenvalue weighted by Crippen LogP contribution is 2.11. The molecule has 2 atom stereocenters. The number of aliphatic hydroxyl groups excluding tert-OH is 1. The number of aliphatic hydroxyl groups is 1. The fourth-order valence-electron chi connectivity index (χ4n) is 2.31. The second-order valence-electron chi connectivity index (χ2n) is 5.64. The molecule has 2 N–H and O–H groups in total. The molecule has 0 aromatic heterocycles. The first-order valence-electron chi connectivity index (χ1n) is 7.34. The third kappa shape index (κ3) is 6.69. The van der Waals surface area contributed by atoms with Crippen LogP contribution < -0.4 is 5.32 Å². The van der Waals surface area contributed by atoms with Gasteiger partial charge in [-0.2, -0.15) is 0 Å². The van der Waals surface area contributed by atoms with Gasteiger partial charge >= 0.3 is 0 Å². The number of hydrogen-bond acceptors (Lipinski definition) is 4. The molecule has 1 heterocycles. The highest BCUT2D eigenvalue weighted by Gasteiger charge is 2.16. The minimum Gasteiger partial charge on any atom is -0.389 e. The summed E-state index contributed by atoms with van der Waals surface area (Å²) < 4.78 is 5.38. The van der Waals surface area contributed by atoms with E-state index in [4.69, 9.17) is 4.74 Å². The zero-order chi connectivity index (χ0) is 13.4. The summed E-state index contributed by atoms with van der Waals surface area (Å²) in [5.41, 5.74) is 0. The molecule has 4 nitrogen and oxygen atoms in total. The van der Waals surface area contributed by atoms with Crippen LogP contribution in [-0.4, -0.2) is 61.0 Å². The SMILES string of the molecule is CC(C)OCC(O)CNCC(C)N1CCCCC1. The molecule has 1 rings (SSSR count). The summed E-state index contributed by atoms with van der Waals surface area (Å²) >= 11 is 0. The average molecular weight is 258 g/mol. The minimum atomic E-state index is -0.402. The van der Waals surface area contributed by atoms with E-state index in [9.17, 15) is 5.11 Å². The zero-order valence-electron chi connectivity index (χ0n) is 12.2. The van der Waals surface area contributed by atoms with Crippen LogP contribution in [0.1, 0.15) is 40.0 Å². The van der Waals surface area contributed by atoms with Crippen molar-refractivity contribution in [2.24, 2.45) is 0 Å². The van der Waals surface area contributed by atoms with Crippen molar-refractivity contribution in [1.82, 2.24) is 10.2 Å². The Morgan fingerprint density at radius 1 is 1.11 bits per heavy atom. The van der Waals surface area contributed by atoms with Gasteiger partial charge in [0.05, 0.1) is 18.8 Å². The second kappa shape index (κ2) is 8.86. The van der Waals surface area contributed by atoms with Crippen LogP contribution in [0.4, 0.5) is 0 Å². The molecule has 0 spiro atoms. The van der Waals surface area contributed by atoms with Gasteiger partial charge in [-0.25, -0.2) is 0 Å². The Morgan fingerprint density at radius 2 is 1.78 bits per heavy atom. The Hall–Kier alpha value is -0.160. The molecule has 1 aliphatic heterocycles. The van der Waals surface area contributed by atoms with Gasteiger partial charge in [0, 0.05) is 19.1 Å². The predicted octanol–water partition coefficient (Wildman–Crippen LogP) is 1.24. The van der Waals surface area contributed by atoms with Crippen LogP contribution in [0, 0.1) is 0 Å². The van der Waals surface area contributed by atoms with Gasteiger partial charge in [0.25, 0.3) is 0 Å². The molecule has 0 aromatic carbocycles. The second-order valence-corrected chi connectivity index (χ2v) is 5.64. The zero-order valence-corrected chi connectivity index (χ0v) is 12.2. The first-order chi connectivity index (χ1) is 8.59. The van der Waals surface area contributed by atoms with Gasteiger partial charge in [-0.1, -0.05) is 6.42 Å². The monoisotopic (exact) mass is 258 g/mol. The summed E-state index contributed by atoms with van der Waals surface area (Å²) in [6, 6.07) is 0.559. The van der Waals surface area contributed by atoms with E-state index < -0.39 is 6.10 Å². The fraction of sp³-hybridized carbons (Fsp3) is 1.00. The van der Waals surface area contributed by atoms with Gasteiger partial charge in [0.15, 0.2) is 0 Å². The van der Waals surface area contributed by atoms with Crippen LogP contribution in [0.3, 0.4) is 0 Å². The van der Waals surface area contributed by atoms with Crippen LogP contribution in [0.25, 0.3) is 0 Å². The standard InChI is InChI=1S/C14H30N2O2/c1-12(2)18-11-14(17)10-15-9-13(3)16-7-5-4-6-8-16/h12-15,17H,4-11H2,1-3H3. The molecule has 0 bridgehead atoms. The van der Waals surface area contributed by atoms with Crippen molar-refractivity contribution >= 4 is 0 Å². The molecular formula is C14H30N2O2. The summed E-state index contributed by atoms with van der Waals surface area (Å²) in [5.74, 6) is 0. The highest BCUT2D eigenvalue weighted by atomic mass is 16.5. The maximum absolute atomic E-state index is 9.72. The van der Waals surface area contributed by atoms with Crippen molar-refractivity contribution < 1.29 is 9.84 Å². The predicted molar refractivity (Wildman–Crippen MR) is 74.9 cm³/mol. The van der Waals surface area contributed by atoms with E-state index in [1.165, 1.54) is 32.4 Å². The van der Waals surface area contributed by atoms with Crippen LogP contribution in [-0.2, 0) is 4.74 Å². The summed E-state index contributed by atoms with van der Waals surface area (Å²) in [6.07, 6.45) is 3.82. The molecule has 1 aliphatic rings. The van der Waals surface area contributed by atoms with E-state index in [1.807, 2.05) is 13.8 Å². The van der Waals surface area contributed by atoms with E-state index in [1.54, 1.807) is 0 Å². The normalized spacial score (nSPS) is 21.2. The van der Waals surface area contributed by atoms with E-state index in [-0.39, 0.29) is 6.10 Å². The lowest BCUT2D eigenvalue weighted by Gasteiger charge is -2.32. The number of piperidine rings is 1. The lowest BCUT2D eigenvalue weighted by Crippen LogP contribution is -2.44. The number of nitrogens with zero attached hydrogens (tertiary/aromatic N) is 1. The summed E-state index contributed by atoms with van der Waals surface area (Å²) in [7, 11) is 0. The van der Waals surface area contributed by atoms with Gasteiger partial charge in [0.1, 0.15) is 0 Å². The molecule has 0 radical (unpaired) electrons. The summed E-state index contributed by atoms with van der Waals surface area (Å²) in [5, 5.41) is 13.1. The van der Waals surface area contributed by atoms with Crippen LogP contribution >= 0.6 is 0 Å². The highest BCUT2D eigenvalue weighted by molar-refractivity contribution is 4.73. The molecule has 2 unspecified atom stereocenters. The number of hydrogen-bond donors (Lipinski definition) is 2.